The molecule has 0 saturated carbocycles. The van der Waals surface area contributed by atoms with Crippen molar-refractivity contribution in [2.24, 2.45) is 0 Å². The maximum Gasteiger partial charge on any atom is 0.342 e. The largest absolute Gasteiger partial charge is 0.463 e. The van der Waals surface area contributed by atoms with E-state index in [1.807, 2.05) is 6.92 Å². The number of esters is 1. The van der Waals surface area contributed by atoms with Gasteiger partial charge in [0, 0.05) is 12.8 Å². The van der Waals surface area contributed by atoms with E-state index in [2.05, 4.69) is 13.8 Å². The Balaban J connectivity index is 3.35. The van der Waals surface area contributed by atoms with E-state index < -0.39 is 0 Å². The molecule has 0 aromatic carbocycles. The lowest BCUT2D eigenvalue weighted by Crippen LogP contribution is -2.21. The quantitative estimate of drug-likeness (QED) is 0.0281. The molecule has 280 valence electrons. The van der Waals surface area contributed by atoms with Gasteiger partial charge in [-0.2, -0.15) is 4.89 Å². The summed E-state index contributed by atoms with van der Waals surface area (Å²) in [6.07, 6.45) is 39.9. The summed E-state index contributed by atoms with van der Waals surface area (Å²) in [6, 6.07) is 0. The second-order valence-electron chi connectivity index (χ2n) is 14.0. The monoisotopic (exact) mass is 669 g/mol. The molecule has 0 saturated heterocycles. The molecule has 0 aliphatic rings. The molecule has 0 bridgehead atoms. The van der Waals surface area contributed by atoms with Crippen LogP contribution >= 0.6 is 0 Å². The van der Waals surface area contributed by atoms with Crippen LogP contribution in [0.25, 0.3) is 0 Å². The number of carbonyl (C=O) groups excluding carboxylic acids is 2. The zero-order chi connectivity index (χ0) is 34.3. The van der Waals surface area contributed by atoms with Gasteiger partial charge in [-0.1, -0.05) is 194 Å². The van der Waals surface area contributed by atoms with E-state index in [1.165, 1.54) is 167 Å². The van der Waals surface area contributed by atoms with Gasteiger partial charge in [0.15, 0.2) is 0 Å². The van der Waals surface area contributed by atoms with Gasteiger partial charge in [-0.25, -0.2) is 4.79 Å². The molecule has 1 atom stereocenters. The van der Waals surface area contributed by atoms with E-state index in [1.54, 1.807) is 0 Å². The second-order valence-corrected chi connectivity index (χ2v) is 14.0. The molecule has 0 fully saturated rings. The van der Waals surface area contributed by atoms with E-state index in [0.29, 0.717) is 12.8 Å². The van der Waals surface area contributed by atoms with Gasteiger partial charge >= 0.3 is 11.9 Å². The molecular formula is C41H80O6. The molecule has 0 radical (unpaired) electrons. The minimum atomic E-state index is -0.319. The Kier molecular flexibility index (Phi) is 38.3. The summed E-state index contributed by atoms with van der Waals surface area (Å²) in [4.78, 5) is 33.7. The highest BCUT2D eigenvalue weighted by Gasteiger charge is 2.09. The van der Waals surface area contributed by atoms with Crippen molar-refractivity contribution < 1.29 is 28.8 Å². The van der Waals surface area contributed by atoms with Gasteiger partial charge in [0.05, 0.1) is 12.7 Å². The third-order valence-corrected chi connectivity index (χ3v) is 9.17. The standard InChI is InChI=1S/C41H80O6/c1-4-6-8-10-12-14-16-18-20-22-24-26-28-30-32-34-40(42)45-38-39(3)44-36-37-46-47-41(43)35-33-31-29-27-25-23-21-19-17-15-13-11-9-7-5-2/h39H,4-38H2,1-3H3. The molecule has 1 unspecified atom stereocenters. The summed E-state index contributed by atoms with van der Waals surface area (Å²) < 4.78 is 10.9. The zero-order valence-electron chi connectivity index (χ0n) is 31.8. The molecule has 47 heavy (non-hydrogen) atoms. The van der Waals surface area contributed by atoms with Crippen molar-refractivity contribution in [2.45, 2.75) is 232 Å². The van der Waals surface area contributed by atoms with Crippen LogP contribution in [0.15, 0.2) is 0 Å². The van der Waals surface area contributed by atoms with Crippen molar-refractivity contribution in [3.8, 4) is 0 Å². The normalized spacial score (nSPS) is 12.0. The van der Waals surface area contributed by atoms with Gasteiger partial charge < -0.3 is 9.47 Å². The fraction of sp³-hybridized carbons (Fsp3) is 0.951. The smallest absolute Gasteiger partial charge is 0.342 e. The predicted molar refractivity (Wildman–Crippen MR) is 198 cm³/mol. The molecule has 0 aliphatic carbocycles. The van der Waals surface area contributed by atoms with Crippen molar-refractivity contribution in [1.82, 2.24) is 0 Å². The highest BCUT2D eigenvalue weighted by Crippen LogP contribution is 2.15. The number of hydrogen-bond donors (Lipinski definition) is 0. The Bertz CT molecular complexity index is 639. The summed E-state index contributed by atoms with van der Waals surface area (Å²) in [5, 5.41) is 0. The summed E-state index contributed by atoms with van der Waals surface area (Å²) in [7, 11) is 0. The van der Waals surface area contributed by atoms with Crippen LogP contribution in [0, 0.1) is 0 Å². The van der Waals surface area contributed by atoms with Crippen LogP contribution in [0.1, 0.15) is 226 Å². The lowest BCUT2D eigenvalue weighted by molar-refractivity contribution is -0.277. The van der Waals surface area contributed by atoms with E-state index in [9.17, 15) is 9.59 Å². The first kappa shape index (κ1) is 45.9. The predicted octanol–water partition coefficient (Wildman–Crippen LogP) is 12.9. The van der Waals surface area contributed by atoms with Crippen molar-refractivity contribution in [3.63, 3.8) is 0 Å². The molecule has 0 aliphatic heterocycles. The van der Waals surface area contributed by atoms with Gasteiger partial charge in [0.1, 0.15) is 13.2 Å². The molecule has 6 nitrogen and oxygen atoms in total. The molecule has 0 aromatic rings. The van der Waals surface area contributed by atoms with Crippen LogP contribution in [0.2, 0.25) is 0 Å². The number of unbranched alkanes of at least 4 members (excludes halogenated alkanes) is 28. The lowest BCUT2D eigenvalue weighted by Gasteiger charge is -2.13. The Labute approximate surface area is 292 Å². The third-order valence-electron chi connectivity index (χ3n) is 9.17. The molecule has 0 amide bonds. The summed E-state index contributed by atoms with van der Waals surface area (Å²) in [6.45, 7) is 7.10. The summed E-state index contributed by atoms with van der Waals surface area (Å²) in [5.41, 5.74) is 0. The van der Waals surface area contributed by atoms with Crippen LogP contribution in [0.4, 0.5) is 0 Å². The number of carbonyl (C=O) groups is 2. The van der Waals surface area contributed by atoms with Crippen molar-refractivity contribution >= 4 is 11.9 Å². The van der Waals surface area contributed by atoms with Crippen molar-refractivity contribution in [3.05, 3.63) is 0 Å². The average Bonchev–Trinajstić information content (AvgIpc) is 3.07. The zero-order valence-corrected chi connectivity index (χ0v) is 31.8. The molecule has 0 aromatic heterocycles. The first-order chi connectivity index (χ1) is 23.1. The Morgan fingerprint density at radius 2 is 0.745 bits per heavy atom. The summed E-state index contributed by atoms with van der Waals surface area (Å²) in [5.74, 6) is -0.473. The van der Waals surface area contributed by atoms with E-state index in [-0.39, 0.29) is 37.9 Å². The SMILES string of the molecule is CCCCCCCCCCCCCCCCCC(=O)OCC(C)OCCOOC(=O)CCCCCCCCCCCCCCCCC. The van der Waals surface area contributed by atoms with E-state index in [4.69, 9.17) is 19.2 Å². The molecule has 0 heterocycles. The maximum absolute atomic E-state index is 12.0. The van der Waals surface area contributed by atoms with Crippen molar-refractivity contribution in [2.75, 3.05) is 19.8 Å². The highest BCUT2D eigenvalue weighted by molar-refractivity contribution is 5.69. The summed E-state index contributed by atoms with van der Waals surface area (Å²) >= 11 is 0. The molecular weight excluding hydrogens is 588 g/mol. The fourth-order valence-electron chi connectivity index (χ4n) is 6.04. The second kappa shape index (κ2) is 39.3. The minimum absolute atomic E-state index is 0.154. The minimum Gasteiger partial charge on any atom is -0.463 e. The molecule has 0 spiro atoms. The fourth-order valence-corrected chi connectivity index (χ4v) is 6.04. The van der Waals surface area contributed by atoms with E-state index in [0.717, 1.165) is 25.7 Å². The molecule has 0 rings (SSSR count). The molecule has 6 heteroatoms. The van der Waals surface area contributed by atoms with Gasteiger partial charge in [0.25, 0.3) is 0 Å². The van der Waals surface area contributed by atoms with E-state index >= 15 is 0 Å². The lowest BCUT2D eigenvalue weighted by atomic mass is 10.0. The topological polar surface area (TPSA) is 71.1 Å². The Hall–Kier alpha value is -1.14. The van der Waals surface area contributed by atoms with Crippen LogP contribution in [-0.4, -0.2) is 37.9 Å². The Morgan fingerprint density at radius 1 is 0.426 bits per heavy atom. The van der Waals surface area contributed by atoms with Crippen LogP contribution in [-0.2, 0) is 28.8 Å². The highest BCUT2D eigenvalue weighted by atomic mass is 17.2. The van der Waals surface area contributed by atoms with Gasteiger partial charge in [-0.05, 0) is 19.8 Å². The van der Waals surface area contributed by atoms with Gasteiger partial charge in [0.2, 0.25) is 0 Å². The number of rotatable bonds is 39. The van der Waals surface area contributed by atoms with Gasteiger partial charge in [-0.15, -0.1) is 0 Å². The number of hydrogen-bond acceptors (Lipinski definition) is 6. The number of ether oxygens (including phenoxy) is 2. The van der Waals surface area contributed by atoms with Gasteiger partial charge in [-0.3, -0.25) is 9.68 Å². The third kappa shape index (κ3) is 39.2. The Morgan fingerprint density at radius 3 is 1.11 bits per heavy atom. The van der Waals surface area contributed by atoms with Crippen LogP contribution in [0.5, 0.6) is 0 Å². The maximum atomic E-state index is 12.0. The first-order valence-electron chi connectivity index (χ1n) is 20.7. The first-order valence-corrected chi connectivity index (χ1v) is 20.7. The van der Waals surface area contributed by atoms with Crippen LogP contribution in [0.3, 0.4) is 0 Å². The van der Waals surface area contributed by atoms with Crippen molar-refractivity contribution in [1.29, 1.82) is 0 Å². The molecule has 0 N–H and O–H groups in total. The average molecular weight is 669 g/mol. The van der Waals surface area contributed by atoms with Crippen LogP contribution < -0.4 is 0 Å².